The summed E-state index contributed by atoms with van der Waals surface area (Å²) in [6, 6.07) is 1.04. The molecular weight excluding hydrogens is 254 g/mol. The molecule has 1 aliphatic rings. The molecule has 1 amide bonds. The van der Waals surface area contributed by atoms with E-state index in [-0.39, 0.29) is 12.2 Å². The molecule has 1 unspecified atom stereocenters. The topological polar surface area (TPSA) is 67.3 Å². The van der Waals surface area contributed by atoms with Gasteiger partial charge in [-0.2, -0.15) is 8.42 Å². The molecule has 1 aromatic rings. The third-order valence-corrected chi connectivity index (χ3v) is 3.60. The minimum atomic E-state index is -4.76. The lowest BCUT2D eigenvalue weighted by molar-refractivity contribution is -0.117. The fourth-order valence-electron chi connectivity index (χ4n) is 1.66. The van der Waals surface area contributed by atoms with Gasteiger partial charge in [0.2, 0.25) is 5.91 Å². The Hall–Kier alpha value is -1.57. The lowest BCUT2D eigenvalue weighted by Crippen LogP contribution is -2.27. The third kappa shape index (κ3) is 2.41. The molecule has 0 spiro atoms. The van der Waals surface area contributed by atoms with Crippen molar-refractivity contribution >= 4 is 21.8 Å². The van der Waals surface area contributed by atoms with Crippen LogP contribution in [-0.2, 0) is 15.0 Å². The SMILES string of the molecule is O=C1CC(S(=O)(=O)F)CN1c1cncc(F)c1. The summed E-state index contributed by atoms with van der Waals surface area (Å²) in [5.74, 6) is -1.22. The second kappa shape index (κ2) is 4.02. The summed E-state index contributed by atoms with van der Waals surface area (Å²) in [7, 11) is -4.76. The maximum Gasteiger partial charge on any atom is 0.307 e. The van der Waals surface area contributed by atoms with E-state index >= 15 is 0 Å². The molecule has 17 heavy (non-hydrogen) atoms. The van der Waals surface area contributed by atoms with Gasteiger partial charge >= 0.3 is 10.2 Å². The van der Waals surface area contributed by atoms with Gasteiger partial charge in [0.05, 0.1) is 18.1 Å². The Morgan fingerprint density at radius 2 is 2.12 bits per heavy atom. The van der Waals surface area contributed by atoms with Gasteiger partial charge in [-0.1, -0.05) is 0 Å². The van der Waals surface area contributed by atoms with Crippen molar-refractivity contribution in [2.45, 2.75) is 11.7 Å². The Bertz CT molecular complexity index is 561. The standard InChI is InChI=1S/C9H8F2N2O3S/c10-6-1-7(4-12-3-6)13-5-8(2-9(13)14)17(11,15)16/h1,3-4,8H,2,5H2. The Morgan fingerprint density at radius 1 is 1.41 bits per heavy atom. The van der Waals surface area contributed by atoms with Crippen LogP contribution in [0.25, 0.3) is 0 Å². The van der Waals surface area contributed by atoms with E-state index in [2.05, 4.69) is 4.98 Å². The number of halogens is 2. The van der Waals surface area contributed by atoms with E-state index in [1.807, 2.05) is 0 Å². The van der Waals surface area contributed by atoms with Crippen LogP contribution in [-0.4, -0.2) is 31.1 Å². The van der Waals surface area contributed by atoms with Crippen molar-refractivity contribution in [3.8, 4) is 0 Å². The van der Waals surface area contributed by atoms with Gasteiger partial charge in [-0.3, -0.25) is 9.78 Å². The Kier molecular flexibility index (Phi) is 2.82. The molecule has 1 saturated heterocycles. The number of hydrogen-bond donors (Lipinski definition) is 0. The molecule has 0 aromatic carbocycles. The first-order chi connectivity index (χ1) is 7.88. The quantitative estimate of drug-likeness (QED) is 0.733. The zero-order chi connectivity index (χ0) is 12.6. The molecule has 0 radical (unpaired) electrons. The summed E-state index contributed by atoms with van der Waals surface area (Å²) in [5, 5.41) is -1.39. The summed E-state index contributed by atoms with van der Waals surface area (Å²) >= 11 is 0. The second-order valence-electron chi connectivity index (χ2n) is 3.67. The Balaban J connectivity index is 2.28. The number of amides is 1. The van der Waals surface area contributed by atoms with Crippen LogP contribution in [0.3, 0.4) is 0 Å². The molecule has 1 fully saturated rings. The van der Waals surface area contributed by atoms with Crippen molar-refractivity contribution < 1.29 is 21.5 Å². The van der Waals surface area contributed by atoms with Crippen LogP contribution >= 0.6 is 0 Å². The number of hydrogen-bond acceptors (Lipinski definition) is 4. The summed E-state index contributed by atoms with van der Waals surface area (Å²) in [5.41, 5.74) is 0.126. The highest BCUT2D eigenvalue weighted by Gasteiger charge is 2.39. The van der Waals surface area contributed by atoms with Crippen molar-refractivity contribution in [3.63, 3.8) is 0 Å². The van der Waals surface area contributed by atoms with E-state index in [1.165, 1.54) is 6.20 Å². The molecule has 8 heteroatoms. The molecule has 5 nitrogen and oxygen atoms in total. The van der Waals surface area contributed by atoms with E-state index in [9.17, 15) is 21.5 Å². The first kappa shape index (κ1) is 11.9. The number of carbonyl (C=O) groups is 1. The fraction of sp³-hybridized carbons (Fsp3) is 0.333. The van der Waals surface area contributed by atoms with Crippen LogP contribution in [0.4, 0.5) is 14.0 Å². The molecule has 0 saturated carbocycles. The van der Waals surface area contributed by atoms with Crippen molar-refractivity contribution in [1.82, 2.24) is 4.98 Å². The molecule has 0 aliphatic carbocycles. The molecule has 2 rings (SSSR count). The van der Waals surface area contributed by atoms with Gasteiger partial charge in [0.1, 0.15) is 11.1 Å². The number of pyridine rings is 1. The second-order valence-corrected chi connectivity index (χ2v) is 5.29. The molecule has 92 valence electrons. The highest BCUT2D eigenvalue weighted by Crippen LogP contribution is 2.25. The molecule has 1 aromatic heterocycles. The summed E-state index contributed by atoms with van der Waals surface area (Å²) in [4.78, 5) is 16.0. The smallest absolute Gasteiger partial charge is 0.307 e. The van der Waals surface area contributed by atoms with Crippen molar-refractivity contribution in [1.29, 1.82) is 0 Å². The third-order valence-electron chi connectivity index (χ3n) is 2.49. The fourth-order valence-corrected chi connectivity index (χ4v) is 2.33. The highest BCUT2D eigenvalue weighted by molar-refractivity contribution is 7.87. The van der Waals surface area contributed by atoms with E-state index in [0.717, 1.165) is 17.2 Å². The minimum absolute atomic E-state index is 0.126. The van der Waals surface area contributed by atoms with Crippen LogP contribution in [0.2, 0.25) is 0 Å². The number of anilines is 1. The molecule has 2 heterocycles. The summed E-state index contributed by atoms with van der Waals surface area (Å²) < 4.78 is 47.0. The molecule has 0 bridgehead atoms. The highest BCUT2D eigenvalue weighted by atomic mass is 32.3. The Morgan fingerprint density at radius 3 is 2.65 bits per heavy atom. The zero-order valence-electron chi connectivity index (χ0n) is 8.51. The Labute approximate surface area is 96.3 Å². The van der Waals surface area contributed by atoms with Crippen molar-refractivity contribution in [2.75, 3.05) is 11.4 Å². The largest absolute Gasteiger partial charge is 0.309 e. The molecule has 0 N–H and O–H groups in total. The maximum atomic E-state index is 12.9. The van der Waals surface area contributed by atoms with Crippen LogP contribution < -0.4 is 4.90 Å². The molecular formula is C9H8F2N2O3S. The predicted octanol–water partition coefficient (Wildman–Crippen LogP) is 0.625. The maximum absolute atomic E-state index is 12.9. The van der Waals surface area contributed by atoms with Gasteiger partial charge in [-0.05, 0) is 0 Å². The van der Waals surface area contributed by atoms with Gasteiger partial charge in [-0.15, -0.1) is 3.89 Å². The van der Waals surface area contributed by atoms with Crippen LogP contribution in [0.15, 0.2) is 18.5 Å². The predicted molar refractivity (Wildman–Crippen MR) is 55.0 cm³/mol. The molecule has 1 atom stereocenters. The van der Waals surface area contributed by atoms with E-state index in [0.29, 0.717) is 0 Å². The van der Waals surface area contributed by atoms with Gasteiger partial charge in [0.25, 0.3) is 0 Å². The van der Waals surface area contributed by atoms with Crippen molar-refractivity contribution in [2.24, 2.45) is 0 Å². The summed E-state index contributed by atoms with van der Waals surface area (Å²) in [6.45, 7) is -0.317. The monoisotopic (exact) mass is 262 g/mol. The van der Waals surface area contributed by atoms with Crippen LogP contribution in [0.5, 0.6) is 0 Å². The van der Waals surface area contributed by atoms with E-state index in [1.54, 1.807) is 0 Å². The first-order valence-corrected chi connectivity index (χ1v) is 6.17. The van der Waals surface area contributed by atoms with Gasteiger partial charge < -0.3 is 4.90 Å². The lowest BCUT2D eigenvalue weighted by Gasteiger charge is -2.15. The van der Waals surface area contributed by atoms with Gasteiger partial charge in [0, 0.05) is 19.0 Å². The normalized spacial score (nSPS) is 20.9. The van der Waals surface area contributed by atoms with Crippen LogP contribution in [0, 0.1) is 5.82 Å². The number of aromatic nitrogens is 1. The zero-order valence-corrected chi connectivity index (χ0v) is 9.32. The molecule has 1 aliphatic heterocycles. The lowest BCUT2D eigenvalue weighted by atomic mass is 10.4. The van der Waals surface area contributed by atoms with E-state index in [4.69, 9.17) is 0 Å². The van der Waals surface area contributed by atoms with E-state index < -0.39 is 33.6 Å². The van der Waals surface area contributed by atoms with Crippen molar-refractivity contribution in [3.05, 3.63) is 24.3 Å². The minimum Gasteiger partial charge on any atom is -0.309 e. The average Bonchev–Trinajstić information content (AvgIpc) is 2.60. The first-order valence-electron chi connectivity index (χ1n) is 4.72. The number of rotatable bonds is 2. The number of nitrogens with zero attached hydrogens (tertiary/aromatic N) is 2. The number of carbonyl (C=O) groups excluding carboxylic acids is 1. The van der Waals surface area contributed by atoms with Gasteiger partial charge in [0.15, 0.2) is 0 Å². The average molecular weight is 262 g/mol. The van der Waals surface area contributed by atoms with Gasteiger partial charge in [-0.25, -0.2) is 4.39 Å². The van der Waals surface area contributed by atoms with Crippen LogP contribution in [0.1, 0.15) is 6.42 Å². The summed E-state index contributed by atoms with van der Waals surface area (Å²) in [6.07, 6.45) is 1.73.